The lowest BCUT2D eigenvalue weighted by molar-refractivity contribution is -0.120. The summed E-state index contributed by atoms with van der Waals surface area (Å²) in [7, 11) is 0. The van der Waals surface area contributed by atoms with Gasteiger partial charge in [-0.25, -0.2) is 4.79 Å². The molecule has 1 saturated carbocycles. The van der Waals surface area contributed by atoms with Crippen molar-refractivity contribution in [2.24, 2.45) is 0 Å². The van der Waals surface area contributed by atoms with Crippen LogP contribution in [0, 0.1) is 0 Å². The molecule has 1 aromatic rings. The van der Waals surface area contributed by atoms with Crippen molar-refractivity contribution >= 4 is 11.9 Å². The zero-order chi connectivity index (χ0) is 15.2. The second-order valence-corrected chi connectivity index (χ2v) is 5.35. The fourth-order valence-corrected chi connectivity index (χ4v) is 2.50. The molecule has 0 bridgehead atoms. The first-order chi connectivity index (χ1) is 10.1. The van der Waals surface area contributed by atoms with E-state index in [-0.39, 0.29) is 17.9 Å². The van der Waals surface area contributed by atoms with Crippen LogP contribution in [0.2, 0.25) is 0 Å². The van der Waals surface area contributed by atoms with E-state index >= 15 is 0 Å². The van der Waals surface area contributed by atoms with Crippen LogP contribution in [0.25, 0.3) is 0 Å². The van der Waals surface area contributed by atoms with E-state index in [9.17, 15) is 9.59 Å². The van der Waals surface area contributed by atoms with E-state index in [4.69, 9.17) is 5.11 Å². The first-order valence-corrected chi connectivity index (χ1v) is 7.43. The Hall–Kier alpha value is -1.88. The summed E-state index contributed by atoms with van der Waals surface area (Å²) in [6.45, 7) is 4.59. The highest BCUT2D eigenvalue weighted by Gasteiger charge is 2.27. The number of aromatic carboxylic acids is 1. The third-order valence-corrected chi connectivity index (χ3v) is 3.79. The molecule has 0 heterocycles. The second kappa shape index (κ2) is 7.22. The predicted molar refractivity (Wildman–Crippen MR) is 80.4 cm³/mol. The monoisotopic (exact) mass is 290 g/mol. The summed E-state index contributed by atoms with van der Waals surface area (Å²) in [6, 6.07) is 7.32. The molecule has 2 N–H and O–H groups in total. The number of nitrogens with zero attached hydrogens (tertiary/aromatic N) is 1. The lowest BCUT2D eigenvalue weighted by atomic mass is 10.0. The molecule has 21 heavy (non-hydrogen) atoms. The summed E-state index contributed by atoms with van der Waals surface area (Å²) < 4.78 is 0. The summed E-state index contributed by atoms with van der Waals surface area (Å²) in [5, 5.41) is 12.0. The number of nitrogens with one attached hydrogen (secondary N) is 1. The van der Waals surface area contributed by atoms with Gasteiger partial charge in [-0.15, -0.1) is 0 Å². The largest absolute Gasteiger partial charge is 0.478 e. The van der Waals surface area contributed by atoms with Crippen LogP contribution in [0.4, 0.5) is 0 Å². The maximum Gasteiger partial charge on any atom is 0.335 e. The molecule has 0 unspecified atom stereocenters. The number of carbonyl (C=O) groups is 2. The molecule has 0 aliphatic heterocycles. The zero-order valence-electron chi connectivity index (χ0n) is 12.3. The maximum atomic E-state index is 11.9. The van der Waals surface area contributed by atoms with Crippen LogP contribution < -0.4 is 5.32 Å². The van der Waals surface area contributed by atoms with Crippen molar-refractivity contribution in [2.75, 3.05) is 19.6 Å². The summed E-state index contributed by atoms with van der Waals surface area (Å²) >= 11 is 0. The molecule has 0 atom stereocenters. The van der Waals surface area contributed by atoms with Crippen molar-refractivity contribution < 1.29 is 14.7 Å². The molecule has 0 saturated heterocycles. The molecule has 1 aliphatic carbocycles. The minimum absolute atomic E-state index is 0.109. The smallest absolute Gasteiger partial charge is 0.335 e. The summed E-state index contributed by atoms with van der Waals surface area (Å²) in [5.41, 5.74) is 0.748. The van der Waals surface area contributed by atoms with Gasteiger partial charge < -0.3 is 10.4 Å². The first-order valence-electron chi connectivity index (χ1n) is 7.43. The molecule has 114 valence electrons. The number of carbonyl (C=O) groups excluding carboxylic acids is 1. The quantitative estimate of drug-likeness (QED) is 0.762. The number of likely N-dealkylation sites (N-methyl/N-ethyl adjacent to an activating group) is 1. The van der Waals surface area contributed by atoms with Crippen LogP contribution in [0.15, 0.2) is 24.3 Å². The van der Waals surface area contributed by atoms with E-state index < -0.39 is 5.97 Å². The number of rotatable bonds is 8. The Morgan fingerprint density at radius 1 is 1.33 bits per heavy atom. The molecule has 5 heteroatoms. The highest BCUT2D eigenvalue weighted by atomic mass is 16.4. The van der Waals surface area contributed by atoms with Crippen molar-refractivity contribution in [2.45, 2.75) is 32.2 Å². The highest BCUT2D eigenvalue weighted by Crippen LogP contribution is 2.25. The van der Waals surface area contributed by atoms with E-state index in [2.05, 4.69) is 17.1 Å². The van der Waals surface area contributed by atoms with Crippen LogP contribution in [-0.2, 0) is 11.2 Å². The van der Waals surface area contributed by atoms with Gasteiger partial charge in [0.15, 0.2) is 0 Å². The summed E-state index contributed by atoms with van der Waals surface area (Å²) in [6.07, 6.45) is 2.62. The Balaban J connectivity index is 1.80. The molecule has 2 rings (SSSR count). The topological polar surface area (TPSA) is 69.6 Å². The minimum atomic E-state index is -0.996. The predicted octanol–water partition coefficient (Wildman–Crippen LogP) is 1.53. The molecular formula is C16H22N2O3. The molecule has 1 fully saturated rings. The lowest BCUT2D eigenvalue weighted by Crippen LogP contribution is -2.36. The molecule has 0 aromatic heterocycles. The number of hydrogen-bond acceptors (Lipinski definition) is 3. The molecule has 1 aromatic carbocycles. The molecule has 5 nitrogen and oxygen atoms in total. The van der Waals surface area contributed by atoms with Crippen molar-refractivity contribution in [1.82, 2.24) is 10.2 Å². The van der Waals surface area contributed by atoms with Crippen LogP contribution in [0.1, 0.15) is 35.7 Å². The van der Waals surface area contributed by atoms with Crippen molar-refractivity contribution in [3.05, 3.63) is 35.4 Å². The fraction of sp³-hybridized carbons (Fsp3) is 0.500. The summed E-state index contributed by atoms with van der Waals surface area (Å²) in [4.78, 5) is 25.4. The summed E-state index contributed by atoms with van der Waals surface area (Å²) in [5.74, 6) is -1.13. The number of hydrogen-bond donors (Lipinski definition) is 2. The Morgan fingerprint density at radius 3 is 2.67 bits per heavy atom. The third kappa shape index (κ3) is 4.56. The van der Waals surface area contributed by atoms with Crippen molar-refractivity contribution in [3.63, 3.8) is 0 Å². The van der Waals surface area contributed by atoms with Crippen LogP contribution in [-0.4, -0.2) is 47.6 Å². The van der Waals surface area contributed by atoms with Gasteiger partial charge in [-0.05, 0) is 31.0 Å². The van der Waals surface area contributed by atoms with E-state index in [0.717, 1.165) is 13.1 Å². The number of carboxylic acids is 1. The van der Waals surface area contributed by atoms with E-state index in [1.165, 1.54) is 18.9 Å². The van der Waals surface area contributed by atoms with Gasteiger partial charge in [0.1, 0.15) is 0 Å². The van der Waals surface area contributed by atoms with E-state index in [0.29, 0.717) is 18.2 Å². The van der Waals surface area contributed by atoms with Gasteiger partial charge in [0.05, 0.1) is 12.0 Å². The molecule has 1 aliphatic rings. The number of benzene rings is 1. The molecule has 0 radical (unpaired) electrons. The zero-order valence-corrected chi connectivity index (χ0v) is 12.3. The number of carboxylic acid groups (broad SMARTS) is 1. The Bertz CT molecular complexity index is 512. The van der Waals surface area contributed by atoms with Crippen LogP contribution >= 0.6 is 0 Å². The number of amides is 1. The Labute approximate surface area is 125 Å². The van der Waals surface area contributed by atoms with E-state index in [1.54, 1.807) is 18.2 Å². The molecule has 0 spiro atoms. The standard InChI is InChI=1S/C16H22N2O3/c1-2-18(13-7-8-13)10-9-17-15(19)11-12-5-3-4-6-14(12)16(20)21/h3-6,13H,2,7-11H2,1H3,(H,17,19)(H,20,21). The van der Waals surface area contributed by atoms with Crippen molar-refractivity contribution in [3.8, 4) is 0 Å². The minimum Gasteiger partial charge on any atom is -0.478 e. The fourth-order valence-electron chi connectivity index (χ4n) is 2.50. The molecular weight excluding hydrogens is 268 g/mol. The van der Waals surface area contributed by atoms with Gasteiger partial charge in [0.2, 0.25) is 5.91 Å². The van der Waals surface area contributed by atoms with Gasteiger partial charge in [0.25, 0.3) is 0 Å². The average molecular weight is 290 g/mol. The van der Waals surface area contributed by atoms with Crippen LogP contribution in [0.5, 0.6) is 0 Å². The molecule has 1 amide bonds. The van der Waals surface area contributed by atoms with Gasteiger partial charge in [-0.1, -0.05) is 25.1 Å². The third-order valence-electron chi connectivity index (χ3n) is 3.79. The second-order valence-electron chi connectivity index (χ2n) is 5.35. The van der Waals surface area contributed by atoms with Gasteiger partial charge in [0, 0.05) is 19.1 Å². The van der Waals surface area contributed by atoms with Crippen molar-refractivity contribution in [1.29, 1.82) is 0 Å². The first kappa shape index (κ1) is 15.5. The average Bonchev–Trinajstić information content (AvgIpc) is 3.28. The SMILES string of the molecule is CCN(CCNC(=O)Cc1ccccc1C(=O)O)C1CC1. The van der Waals surface area contributed by atoms with Gasteiger partial charge >= 0.3 is 5.97 Å². The van der Waals surface area contributed by atoms with Crippen LogP contribution in [0.3, 0.4) is 0 Å². The Kier molecular flexibility index (Phi) is 5.33. The van der Waals surface area contributed by atoms with E-state index in [1.807, 2.05) is 0 Å². The normalized spacial score (nSPS) is 14.2. The van der Waals surface area contributed by atoms with Gasteiger partial charge in [-0.3, -0.25) is 9.69 Å². The lowest BCUT2D eigenvalue weighted by Gasteiger charge is -2.19. The maximum absolute atomic E-state index is 11.9. The van der Waals surface area contributed by atoms with Gasteiger partial charge in [-0.2, -0.15) is 0 Å². The Morgan fingerprint density at radius 2 is 2.05 bits per heavy atom. The highest BCUT2D eigenvalue weighted by molar-refractivity contribution is 5.91.